The highest BCUT2D eigenvalue weighted by molar-refractivity contribution is 8.03. The van der Waals surface area contributed by atoms with Crippen molar-refractivity contribution in [3.8, 4) is 0 Å². The highest BCUT2D eigenvalue weighted by atomic mass is 32.3. The van der Waals surface area contributed by atoms with Crippen molar-refractivity contribution in [1.29, 1.82) is 0 Å². The van der Waals surface area contributed by atoms with Gasteiger partial charge in [-0.2, -0.15) is 8.42 Å². The van der Waals surface area contributed by atoms with E-state index in [-0.39, 0.29) is 16.0 Å². The van der Waals surface area contributed by atoms with Gasteiger partial charge in [0.2, 0.25) is 0 Å². The summed E-state index contributed by atoms with van der Waals surface area (Å²) in [4.78, 5) is 10.6. The molecule has 2 aromatic carbocycles. The first-order valence-corrected chi connectivity index (χ1v) is 14.1. The Labute approximate surface area is 208 Å². The van der Waals surface area contributed by atoms with E-state index in [2.05, 4.69) is 29.3 Å². The van der Waals surface area contributed by atoms with E-state index >= 15 is 0 Å². The van der Waals surface area contributed by atoms with E-state index in [9.17, 15) is 22.9 Å². The van der Waals surface area contributed by atoms with Gasteiger partial charge in [0.15, 0.2) is 0 Å². The third-order valence-electron chi connectivity index (χ3n) is 4.48. The molecular weight excluding hydrogens is 491 g/mol. The highest BCUT2D eigenvalue weighted by Crippen LogP contribution is 2.33. The van der Waals surface area contributed by atoms with Gasteiger partial charge in [-0.05, 0) is 82.9 Å². The quantitative estimate of drug-likeness (QED) is 0.326. The van der Waals surface area contributed by atoms with Crippen molar-refractivity contribution in [2.45, 2.75) is 82.7 Å². The molecule has 0 aliphatic heterocycles. The van der Waals surface area contributed by atoms with Crippen molar-refractivity contribution in [3.63, 3.8) is 0 Å². The minimum absolute atomic E-state index is 0.111. The topological polar surface area (TPSA) is 114 Å². The lowest BCUT2D eigenvalue weighted by molar-refractivity contribution is -0.384. The Morgan fingerprint density at radius 2 is 1.37 bits per heavy atom. The number of benzene rings is 2. The molecule has 1 atom stereocenters. The van der Waals surface area contributed by atoms with Gasteiger partial charge in [-0.15, -0.1) is 3.77 Å². The number of halogens is 1. The predicted molar refractivity (Wildman–Crippen MR) is 138 cm³/mol. The molecule has 0 aliphatic rings. The van der Waals surface area contributed by atoms with Gasteiger partial charge >= 0.3 is 0 Å². The third-order valence-corrected chi connectivity index (χ3v) is 9.59. The first-order chi connectivity index (χ1) is 15.7. The number of nitro benzene ring substituents is 1. The summed E-state index contributed by atoms with van der Waals surface area (Å²) in [6.07, 6.45) is 0.634. The molecule has 2 rings (SSSR count). The summed E-state index contributed by atoms with van der Waals surface area (Å²) < 4.78 is 53.7. The average molecular weight is 527 g/mol. The van der Waals surface area contributed by atoms with Gasteiger partial charge in [0, 0.05) is 32.4 Å². The van der Waals surface area contributed by atoms with Crippen molar-refractivity contribution >= 4 is 25.5 Å². The number of non-ortho nitro benzene ring substituents is 1. The minimum atomic E-state index is -4.32. The molecule has 0 spiro atoms. The molecule has 0 radical (unpaired) electrons. The van der Waals surface area contributed by atoms with Gasteiger partial charge in [0.25, 0.3) is 15.7 Å². The van der Waals surface area contributed by atoms with Crippen LogP contribution in [0.3, 0.4) is 0 Å². The molecule has 1 N–H and O–H groups in total. The molecule has 0 aromatic heterocycles. The Morgan fingerprint density at radius 1 is 0.886 bits per heavy atom. The lowest BCUT2D eigenvalue weighted by Crippen LogP contribution is -2.42. The van der Waals surface area contributed by atoms with Crippen molar-refractivity contribution in [3.05, 3.63) is 64.5 Å². The molecule has 0 heterocycles. The number of hydrogen-bond acceptors (Lipinski definition) is 5. The standard InChI is InChI=1S/C24H35FN4O4S2/c1-22(2,3)17-24(7,8)27-34(26-23(4,5)6,20-13-9-18(25)10-14-20)28-35(32,33)21-15-11-19(12-16-21)29(30)31/h9-16H,17H2,1-8H3,(H,26,27,28). The maximum Gasteiger partial charge on any atom is 0.290 e. The summed E-state index contributed by atoms with van der Waals surface area (Å²) in [5, 5.41) is 11.0. The summed E-state index contributed by atoms with van der Waals surface area (Å²) in [6.45, 7) is 15.7. The molecule has 0 amide bonds. The van der Waals surface area contributed by atoms with Gasteiger partial charge in [-0.1, -0.05) is 20.8 Å². The molecule has 2 aromatic rings. The molecule has 194 valence electrons. The van der Waals surface area contributed by atoms with Crippen LogP contribution in [0.2, 0.25) is 0 Å². The number of nitro groups is 1. The zero-order chi connectivity index (χ0) is 26.9. The van der Waals surface area contributed by atoms with Crippen LogP contribution < -0.4 is 4.72 Å². The fourth-order valence-electron chi connectivity index (χ4n) is 3.88. The van der Waals surface area contributed by atoms with Gasteiger partial charge in [-0.3, -0.25) is 10.1 Å². The molecule has 0 fully saturated rings. The molecule has 0 saturated carbocycles. The van der Waals surface area contributed by atoms with Crippen LogP contribution in [0, 0.1) is 21.3 Å². The summed E-state index contributed by atoms with van der Waals surface area (Å²) >= 11 is 0. The van der Waals surface area contributed by atoms with E-state index in [1.807, 2.05) is 34.6 Å². The molecule has 11 heteroatoms. The number of rotatable bonds is 7. The van der Waals surface area contributed by atoms with Crippen LogP contribution in [0.1, 0.15) is 61.8 Å². The zero-order valence-corrected chi connectivity index (χ0v) is 23.1. The molecule has 1 unspecified atom stereocenters. The maximum atomic E-state index is 13.8. The third kappa shape index (κ3) is 8.36. The Balaban J connectivity index is 2.97. The van der Waals surface area contributed by atoms with Gasteiger partial charge in [-0.25, -0.2) is 13.5 Å². The van der Waals surface area contributed by atoms with Crippen LogP contribution in [-0.2, 0) is 19.8 Å². The van der Waals surface area contributed by atoms with Gasteiger partial charge in [0.1, 0.15) is 5.82 Å². The number of hydrogen-bond donors (Lipinski definition) is 1. The van der Waals surface area contributed by atoms with Crippen molar-refractivity contribution < 1.29 is 17.7 Å². The monoisotopic (exact) mass is 526 g/mol. The minimum Gasteiger partial charge on any atom is -0.258 e. The number of nitrogens with one attached hydrogen (secondary N) is 1. The van der Waals surface area contributed by atoms with E-state index in [1.54, 1.807) is 0 Å². The van der Waals surface area contributed by atoms with E-state index in [4.69, 9.17) is 4.36 Å². The SMILES string of the molecule is CC(C)(C)CC(C)(C)N=S(=NS(=O)(=O)c1ccc([N+](=O)[O-])cc1)(NC(C)(C)C)c1ccc(F)cc1. The Morgan fingerprint density at radius 3 is 1.80 bits per heavy atom. The molecule has 0 saturated heterocycles. The van der Waals surface area contributed by atoms with Crippen molar-refractivity contribution in [1.82, 2.24) is 4.72 Å². The largest absolute Gasteiger partial charge is 0.290 e. The first-order valence-electron chi connectivity index (χ1n) is 11.1. The summed E-state index contributed by atoms with van der Waals surface area (Å²) in [5.74, 6) is -0.468. The number of sulfonamides is 1. The highest BCUT2D eigenvalue weighted by Gasteiger charge is 2.31. The van der Waals surface area contributed by atoms with Crippen LogP contribution in [0.5, 0.6) is 0 Å². The molecular formula is C24H35FN4O4S2. The van der Waals surface area contributed by atoms with E-state index in [1.165, 1.54) is 24.3 Å². The summed E-state index contributed by atoms with van der Waals surface area (Å²) in [6, 6.07) is 10.0. The van der Waals surface area contributed by atoms with Crippen LogP contribution in [0.25, 0.3) is 0 Å². The van der Waals surface area contributed by atoms with Crippen molar-refractivity contribution in [2.75, 3.05) is 0 Å². The molecule has 0 bridgehead atoms. The van der Waals surface area contributed by atoms with Crippen LogP contribution in [0.15, 0.2) is 66.5 Å². The van der Waals surface area contributed by atoms with E-state index < -0.39 is 41.6 Å². The average Bonchev–Trinajstić information content (AvgIpc) is 2.64. The second kappa shape index (κ2) is 9.94. The fraction of sp³-hybridized carbons (Fsp3) is 0.500. The number of nitrogens with zero attached hydrogens (tertiary/aromatic N) is 3. The van der Waals surface area contributed by atoms with Crippen molar-refractivity contribution in [2.24, 2.45) is 13.5 Å². The maximum absolute atomic E-state index is 13.8. The fourth-order valence-corrected chi connectivity index (χ4v) is 8.88. The Hall–Kier alpha value is -2.37. The predicted octanol–water partition coefficient (Wildman–Crippen LogP) is 6.52. The Bertz CT molecular complexity index is 1300. The van der Waals surface area contributed by atoms with Crippen LogP contribution in [-0.4, -0.2) is 24.4 Å². The second-order valence-corrected chi connectivity index (χ2v) is 15.3. The lowest BCUT2D eigenvalue weighted by atomic mass is 9.82. The van der Waals surface area contributed by atoms with Gasteiger partial charge < -0.3 is 0 Å². The van der Waals surface area contributed by atoms with E-state index in [0.717, 1.165) is 24.3 Å². The van der Waals surface area contributed by atoms with E-state index in [0.29, 0.717) is 11.3 Å². The molecule has 35 heavy (non-hydrogen) atoms. The second-order valence-electron chi connectivity index (χ2n) is 11.3. The van der Waals surface area contributed by atoms with Crippen LogP contribution >= 0.6 is 0 Å². The molecule has 0 aliphatic carbocycles. The van der Waals surface area contributed by atoms with Gasteiger partial charge in [0.05, 0.1) is 15.4 Å². The normalized spacial score (nSPS) is 14.8. The lowest BCUT2D eigenvalue weighted by Gasteiger charge is -2.34. The smallest absolute Gasteiger partial charge is 0.258 e. The Kier molecular flexibility index (Phi) is 8.20. The zero-order valence-electron chi connectivity index (χ0n) is 21.5. The first kappa shape index (κ1) is 28.9. The van der Waals surface area contributed by atoms with Crippen LogP contribution in [0.4, 0.5) is 10.1 Å². The summed E-state index contributed by atoms with van der Waals surface area (Å²) in [5.41, 5.74) is -1.65. The molecule has 8 nitrogen and oxygen atoms in total. The summed E-state index contributed by atoms with van der Waals surface area (Å²) in [7, 11) is -7.32.